The highest BCUT2D eigenvalue weighted by molar-refractivity contribution is 6.00. The summed E-state index contributed by atoms with van der Waals surface area (Å²) in [5, 5.41) is 3.10. The number of halogens is 3. The largest absolute Gasteiger partial charge is 0.481 e. The van der Waals surface area contributed by atoms with Gasteiger partial charge in [-0.25, -0.2) is 9.97 Å². The van der Waals surface area contributed by atoms with E-state index in [1.165, 1.54) is 19.4 Å². The van der Waals surface area contributed by atoms with Crippen LogP contribution in [-0.4, -0.2) is 28.0 Å². The Morgan fingerprint density at radius 1 is 1.09 bits per heavy atom. The number of methoxy groups -OCH3 is 1. The quantitative estimate of drug-likeness (QED) is 0.407. The molecule has 0 saturated heterocycles. The lowest BCUT2D eigenvalue weighted by molar-refractivity contribution is -0.137. The van der Waals surface area contributed by atoms with Gasteiger partial charge in [0.2, 0.25) is 11.8 Å². The summed E-state index contributed by atoms with van der Waals surface area (Å²) in [4.78, 5) is 23.2. The van der Waals surface area contributed by atoms with Crippen molar-refractivity contribution >= 4 is 22.6 Å². The molecule has 1 amide bonds. The van der Waals surface area contributed by atoms with Crippen molar-refractivity contribution in [3.8, 4) is 28.1 Å². The summed E-state index contributed by atoms with van der Waals surface area (Å²) in [5.74, 6) is -0.144. The van der Waals surface area contributed by atoms with Gasteiger partial charge < -0.3 is 15.0 Å². The van der Waals surface area contributed by atoms with Crippen LogP contribution >= 0.6 is 0 Å². The summed E-state index contributed by atoms with van der Waals surface area (Å²) in [6.45, 7) is 3.33. The van der Waals surface area contributed by atoms with Crippen molar-refractivity contribution in [2.75, 3.05) is 12.4 Å². The number of benzene rings is 1. The molecule has 0 aliphatic carbocycles. The molecule has 0 aliphatic rings. The standard InChI is InChI=1S/C23H17F3N4O2/c1-3-20(31)30-17-7-14(6-16(9-17)23(24,25)26)15-8-18-19(12-29-22(18)28-11-15)13-4-5-21(32-2)27-10-13/h3-12H,1H2,2H3,(H,28,29)(H,30,31). The van der Waals surface area contributed by atoms with E-state index in [-0.39, 0.29) is 11.3 Å². The zero-order valence-electron chi connectivity index (χ0n) is 16.8. The van der Waals surface area contributed by atoms with Crippen LogP contribution in [-0.2, 0) is 11.0 Å². The summed E-state index contributed by atoms with van der Waals surface area (Å²) >= 11 is 0. The van der Waals surface area contributed by atoms with Crippen molar-refractivity contribution in [3.05, 3.63) is 73.2 Å². The van der Waals surface area contributed by atoms with Crippen molar-refractivity contribution in [2.45, 2.75) is 6.18 Å². The molecule has 0 spiro atoms. The van der Waals surface area contributed by atoms with Gasteiger partial charge in [0.25, 0.3) is 0 Å². The molecule has 4 rings (SSSR count). The number of hydrogen-bond donors (Lipinski definition) is 2. The second-order valence-corrected chi connectivity index (χ2v) is 6.90. The third-order valence-corrected chi connectivity index (χ3v) is 4.83. The Morgan fingerprint density at radius 2 is 1.88 bits per heavy atom. The fourth-order valence-corrected chi connectivity index (χ4v) is 3.28. The van der Waals surface area contributed by atoms with E-state index in [0.717, 1.165) is 29.3 Å². The molecule has 2 N–H and O–H groups in total. The molecular weight excluding hydrogens is 421 g/mol. The molecule has 9 heteroatoms. The van der Waals surface area contributed by atoms with Gasteiger partial charge in [0.05, 0.1) is 12.7 Å². The first-order chi connectivity index (χ1) is 15.3. The van der Waals surface area contributed by atoms with Crippen molar-refractivity contribution in [2.24, 2.45) is 0 Å². The van der Waals surface area contributed by atoms with E-state index in [1.807, 2.05) is 6.07 Å². The molecule has 6 nitrogen and oxygen atoms in total. The number of alkyl halides is 3. The van der Waals surface area contributed by atoms with Crippen LogP contribution in [0.2, 0.25) is 0 Å². The Kier molecular flexibility index (Phi) is 5.40. The molecule has 0 fully saturated rings. The van der Waals surface area contributed by atoms with Crippen LogP contribution in [0.3, 0.4) is 0 Å². The van der Waals surface area contributed by atoms with E-state index in [0.29, 0.717) is 22.5 Å². The minimum Gasteiger partial charge on any atom is -0.481 e. The van der Waals surface area contributed by atoms with Gasteiger partial charge in [-0.05, 0) is 42.0 Å². The van der Waals surface area contributed by atoms with Crippen LogP contribution in [0, 0.1) is 0 Å². The maximum absolute atomic E-state index is 13.5. The van der Waals surface area contributed by atoms with Crippen LogP contribution in [0.1, 0.15) is 5.56 Å². The number of fused-ring (bicyclic) bond motifs is 1. The number of carbonyl (C=O) groups excluding carboxylic acids is 1. The van der Waals surface area contributed by atoms with Gasteiger partial charge in [-0.1, -0.05) is 6.58 Å². The monoisotopic (exact) mass is 438 g/mol. The van der Waals surface area contributed by atoms with Crippen LogP contribution in [0.15, 0.2) is 67.6 Å². The number of H-pyrrole nitrogens is 1. The normalized spacial score (nSPS) is 11.4. The number of aromatic nitrogens is 3. The van der Waals surface area contributed by atoms with Crippen LogP contribution < -0.4 is 10.1 Å². The van der Waals surface area contributed by atoms with E-state index >= 15 is 0 Å². The molecule has 0 atom stereocenters. The first kappa shape index (κ1) is 21.1. The molecule has 0 unspecified atom stereocenters. The van der Waals surface area contributed by atoms with Gasteiger partial charge in [-0.15, -0.1) is 0 Å². The Morgan fingerprint density at radius 3 is 2.53 bits per heavy atom. The summed E-state index contributed by atoms with van der Waals surface area (Å²) < 4.78 is 45.5. The fraction of sp³-hybridized carbons (Fsp3) is 0.0870. The van der Waals surface area contributed by atoms with Gasteiger partial charge in [0, 0.05) is 52.4 Å². The molecule has 162 valence electrons. The molecule has 0 radical (unpaired) electrons. The van der Waals surface area contributed by atoms with Crippen LogP contribution in [0.4, 0.5) is 18.9 Å². The van der Waals surface area contributed by atoms with Crippen molar-refractivity contribution < 1.29 is 22.7 Å². The number of rotatable bonds is 5. The van der Waals surface area contributed by atoms with E-state index in [9.17, 15) is 18.0 Å². The second-order valence-electron chi connectivity index (χ2n) is 6.90. The zero-order valence-corrected chi connectivity index (χ0v) is 16.8. The fourth-order valence-electron chi connectivity index (χ4n) is 3.28. The number of anilines is 1. The Labute approximate surface area is 180 Å². The number of amides is 1. The Bertz CT molecular complexity index is 1310. The molecule has 3 heterocycles. The lowest BCUT2D eigenvalue weighted by Crippen LogP contribution is -2.10. The molecule has 32 heavy (non-hydrogen) atoms. The van der Waals surface area contributed by atoms with Gasteiger partial charge in [-0.3, -0.25) is 4.79 Å². The first-order valence-electron chi connectivity index (χ1n) is 9.42. The Balaban J connectivity index is 1.82. The number of ether oxygens (including phenoxy) is 1. The minimum absolute atomic E-state index is 0.00784. The van der Waals surface area contributed by atoms with E-state index < -0.39 is 17.6 Å². The van der Waals surface area contributed by atoms with Crippen molar-refractivity contribution in [1.82, 2.24) is 15.0 Å². The van der Waals surface area contributed by atoms with Crippen molar-refractivity contribution in [1.29, 1.82) is 0 Å². The molecule has 3 aromatic heterocycles. The number of nitrogens with one attached hydrogen (secondary N) is 2. The minimum atomic E-state index is -4.59. The topological polar surface area (TPSA) is 79.9 Å². The zero-order chi connectivity index (χ0) is 22.9. The number of nitrogens with zero attached hydrogens (tertiary/aromatic N) is 2. The molecule has 4 aromatic rings. The summed E-state index contributed by atoms with van der Waals surface area (Å²) in [7, 11) is 1.52. The van der Waals surface area contributed by atoms with Gasteiger partial charge in [0.15, 0.2) is 0 Å². The first-order valence-corrected chi connectivity index (χ1v) is 9.42. The lowest BCUT2D eigenvalue weighted by atomic mass is 10.0. The highest BCUT2D eigenvalue weighted by atomic mass is 19.4. The summed E-state index contributed by atoms with van der Waals surface area (Å²) in [6, 6.07) is 8.64. The Hall–Kier alpha value is -4.14. The summed E-state index contributed by atoms with van der Waals surface area (Å²) in [6.07, 6.45) is 1.27. The van der Waals surface area contributed by atoms with E-state index in [2.05, 4.69) is 26.8 Å². The van der Waals surface area contributed by atoms with Crippen molar-refractivity contribution in [3.63, 3.8) is 0 Å². The average molecular weight is 438 g/mol. The predicted molar refractivity (Wildman–Crippen MR) is 115 cm³/mol. The molecule has 0 saturated carbocycles. The average Bonchev–Trinajstić information content (AvgIpc) is 3.21. The van der Waals surface area contributed by atoms with E-state index in [4.69, 9.17) is 4.74 Å². The number of aromatic amines is 1. The highest BCUT2D eigenvalue weighted by Crippen LogP contribution is 2.36. The smallest absolute Gasteiger partial charge is 0.416 e. The van der Waals surface area contributed by atoms with Crippen LogP contribution in [0.5, 0.6) is 5.88 Å². The van der Waals surface area contributed by atoms with Gasteiger partial charge >= 0.3 is 6.18 Å². The van der Waals surface area contributed by atoms with Gasteiger partial charge in [0.1, 0.15) is 5.65 Å². The third-order valence-electron chi connectivity index (χ3n) is 4.83. The molecular formula is C23H17F3N4O2. The summed E-state index contributed by atoms with van der Waals surface area (Å²) in [5.41, 5.74) is 1.99. The predicted octanol–water partition coefficient (Wildman–Crippen LogP) is 5.44. The highest BCUT2D eigenvalue weighted by Gasteiger charge is 2.31. The van der Waals surface area contributed by atoms with E-state index in [1.54, 1.807) is 24.5 Å². The number of carbonyl (C=O) groups is 1. The molecule has 1 aromatic carbocycles. The number of pyridine rings is 2. The van der Waals surface area contributed by atoms with Crippen LogP contribution in [0.25, 0.3) is 33.3 Å². The second kappa shape index (κ2) is 8.18. The number of hydrogen-bond acceptors (Lipinski definition) is 4. The maximum Gasteiger partial charge on any atom is 0.416 e. The maximum atomic E-state index is 13.5. The lowest BCUT2D eigenvalue weighted by Gasteiger charge is -2.13. The third kappa shape index (κ3) is 4.18. The molecule has 0 bridgehead atoms. The van der Waals surface area contributed by atoms with Gasteiger partial charge in [-0.2, -0.15) is 13.2 Å². The SMILES string of the molecule is C=CC(=O)Nc1cc(-c2cnc3[nH]cc(-c4ccc(OC)nc4)c3c2)cc(C(F)(F)F)c1. The molecule has 0 aliphatic heterocycles.